The predicted molar refractivity (Wildman–Crippen MR) is 109 cm³/mol. The number of benzene rings is 2. The predicted octanol–water partition coefficient (Wildman–Crippen LogP) is 4.22. The fourth-order valence-electron chi connectivity index (χ4n) is 3.95. The maximum Gasteiger partial charge on any atom is 0.242 e. The van der Waals surface area contributed by atoms with E-state index in [-0.39, 0.29) is 5.91 Å². The van der Waals surface area contributed by atoms with Crippen molar-refractivity contribution >= 4 is 16.9 Å². The molecule has 0 aliphatic carbocycles. The first-order valence-corrected chi connectivity index (χ1v) is 10.1. The van der Waals surface area contributed by atoms with Crippen molar-refractivity contribution in [3.63, 3.8) is 0 Å². The second kappa shape index (κ2) is 8.38. The van der Waals surface area contributed by atoms with Crippen LogP contribution in [0.15, 0.2) is 54.6 Å². The number of likely N-dealkylation sites (tertiary alicyclic amines) is 1. The van der Waals surface area contributed by atoms with Gasteiger partial charge in [0.15, 0.2) is 0 Å². The van der Waals surface area contributed by atoms with Gasteiger partial charge in [0, 0.05) is 19.5 Å². The summed E-state index contributed by atoms with van der Waals surface area (Å²) in [5.74, 6) is 1.23. The van der Waals surface area contributed by atoms with Crippen LogP contribution in [0, 0.1) is 0 Å². The minimum Gasteiger partial charge on any atom is -0.341 e. The molecule has 0 bridgehead atoms. The number of aromatic nitrogens is 2. The summed E-state index contributed by atoms with van der Waals surface area (Å²) >= 11 is 0. The van der Waals surface area contributed by atoms with Crippen molar-refractivity contribution in [1.82, 2.24) is 14.5 Å². The molecule has 0 unspecified atom stereocenters. The Balaban J connectivity index is 1.57. The molecule has 1 aliphatic heterocycles. The molecule has 1 saturated heterocycles. The van der Waals surface area contributed by atoms with Crippen molar-refractivity contribution < 1.29 is 4.79 Å². The van der Waals surface area contributed by atoms with Crippen LogP contribution < -0.4 is 0 Å². The summed E-state index contributed by atoms with van der Waals surface area (Å²) < 4.78 is 2.13. The highest BCUT2D eigenvalue weighted by atomic mass is 16.2. The molecule has 1 fully saturated rings. The summed E-state index contributed by atoms with van der Waals surface area (Å²) in [6, 6.07) is 18.6. The smallest absolute Gasteiger partial charge is 0.242 e. The minimum absolute atomic E-state index is 0.223. The van der Waals surface area contributed by atoms with Gasteiger partial charge in [0.05, 0.1) is 11.0 Å². The van der Waals surface area contributed by atoms with Gasteiger partial charge in [-0.2, -0.15) is 0 Å². The molecule has 4 nitrogen and oxygen atoms in total. The molecule has 0 N–H and O–H groups in total. The van der Waals surface area contributed by atoms with Crippen LogP contribution in [-0.4, -0.2) is 33.4 Å². The van der Waals surface area contributed by atoms with Crippen molar-refractivity contribution in [2.24, 2.45) is 0 Å². The summed E-state index contributed by atoms with van der Waals surface area (Å²) in [6.07, 6.45) is 6.49. The molecule has 2 heterocycles. The van der Waals surface area contributed by atoms with E-state index in [4.69, 9.17) is 4.98 Å². The van der Waals surface area contributed by atoms with E-state index >= 15 is 0 Å². The number of para-hydroxylation sites is 2. The Morgan fingerprint density at radius 2 is 1.56 bits per heavy atom. The van der Waals surface area contributed by atoms with Crippen LogP contribution in [0.3, 0.4) is 0 Å². The quantitative estimate of drug-likeness (QED) is 0.682. The fourth-order valence-corrected chi connectivity index (χ4v) is 3.95. The number of aryl methyl sites for hydroxylation is 2. The van der Waals surface area contributed by atoms with Crippen LogP contribution in [0.4, 0.5) is 0 Å². The average molecular weight is 361 g/mol. The lowest BCUT2D eigenvalue weighted by molar-refractivity contribution is -0.131. The molecule has 2 aromatic carbocycles. The Bertz CT molecular complexity index is 892. The van der Waals surface area contributed by atoms with E-state index in [1.165, 1.54) is 18.4 Å². The van der Waals surface area contributed by atoms with Crippen LogP contribution in [0.5, 0.6) is 0 Å². The second-order valence-electron chi connectivity index (χ2n) is 7.38. The van der Waals surface area contributed by atoms with E-state index in [1.54, 1.807) is 0 Å². The van der Waals surface area contributed by atoms with E-state index in [0.29, 0.717) is 6.54 Å². The van der Waals surface area contributed by atoms with Crippen LogP contribution in [0.25, 0.3) is 11.0 Å². The third kappa shape index (κ3) is 4.21. The molecular formula is C23H27N3O. The van der Waals surface area contributed by atoms with Gasteiger partial charge in [-0.15, -0.1) is 0 Å². The third-order valence-electron chi connectivity index (χ3n) is 5.47. The molecule has 3 aromatic rings. The fraction of sp³-hybridized carbons (Fsp3) is 0.391. The van der Waals surface area contributed by atoms with E-state index in [1.807, 2.05) is 29.2 Å². The standard InChI is InChI=1S/C23H27N3O/c27-23(25-16-8-1-2-9-17-25)18-26-21-13-7-6-12-20(21)24-22(26)15-14-19-10-4-3-5-11-19/h3-7,10-13H,1-2,8-9,14-18H2. The van der Waals surface area contributed by atoms with E-state index in [0.717, 1.165) is 55.6 Å². The Morgan fingerprint density at radius 1 is 0.852 bits per heavy atom. The molecule has 4 heteroatoms. The molecule has 4 rings (SSSR count). The van der Waals surface area contributed by atoms with Crippen molar-refractivity contribution in [2.75, 3.05) is 13.1 Å². The number of rotatable bonds is 5. The number of nitrogens with zero attached hydrogens (tertiary/aromatic N) is 3. The maximum absolute atomic E-state index is 13.0. The Labute approximate surface area is 160 Å². The number of fused-ring (bicyclic) bond motifs is 1. The molecule has 0 atom stereocenters. The van der Waals surface area contributed by atoms with Gasteiger partial charge in [0.25, 0.3) is 0 Å². The first-order chi connectivity index (χ1) is 13.3. The highest BCUT2D eigenvalue weighted by molar-refractivity contribution is 5.81. The number of hydrogen-bond acceptors (Lipinski definition) is 2. The SMILES string of the molecule is O=C(Cn1c(CCc2ccccc2)nc2ccccc21)N1CCCCCC1. The maximum atomic E-state index is 13.0. The average Bonchev–Trinajstić information content (AvgIpc) is 2.87. The number of carbonyl (C=O) groups is 1. The molecular weight excluding hydrogens is 334 g/mol. The topological polar surface area (TPSA) is 38.1 Å². The van der Waals surface area contributed by atoms with E-state index in [2.05, 4.69) is 34.9 Å². The monoisotopic (exact) mass is 361 g/mol. The molecule has 140 valence electrons. The summed E-state index contributed by atoms with van der Waals surface area (Å²) in [5.41, 5.74) is 3.34. The summed E-state index contributed by atoms with van der Waals surface area (Å²) in [6.45, 7) is 2.18. The van der Waals surface area contributed by atoms with Crippen LogP contribution in [0.1, 0.15) is 37.1 Å². The van der Waals surface area contributed by atoms with E-state index in [9.17, 15) is 4.79 Å². The van der Waals surface area contributed by atoms with Crippen molar-refractivity contribution in [3.05, 3.63) is 66.0 Å². The van der Waals surface area contributed by atoms with Crippen LogP contribution >= 0.6 is 0 Å². The van der Waals surface area contributed by atoms with Crippen LogP contribution in [0.2, 0.25) is 0 Å². The van der Waals surface area contributed by atoms with Gasteiger partial charge < -0.3 is 9.47 Å². The first-order valence-electron chi connectivity index (χ1n) is 10.1. The van der Waals surface area contributed by atoms with Crippen molar-refractivity contribution in [1.29, 1.82) is 0 Å². The molecule has 1 amide bonds. The number of amides is 1. The minimum atomic E-state index is 0.223. The van der Waals surface area contributed by atoms with Gasteiger partial charge in [-0.1, -0.05) is 55.3 Å². The summed E-state index contributed by atoms with van der Waals surface area (Å²) in [7, 11) is 0. The normalized spacial score (nSPS) is 15.0. The Hall–Kier alpha value is -2.62. The molecule has 27 heavy (non-hydrogen) atoms. The van der Waals surface area contributed by atoms with Crippen molar-refractivity contribution in [3.8, 4) is 0 Å². The van der Waals surface area contributed by atoms with Gasteiger partial charge in [-0.25, -0.2) is 4.98 Å². The summed E-state index contributed by atoms with van der Waals surface area (Å²) in [5, 5.41) is 0. The van der Waals surface area contributed by atoms with Gasteiger partial charge >= 0.3 is 0 Å². The number of imidazole rings is 1. The highest BCUT2D eigenvalue weighted by Gasteiger charge is 2.19. The molecule has 1 aliphatic rings. The Kier molecular flexibility index (Phi) is 5.52. The van der Waals surface area contributed by atoms with E-state index < -0.39 is 0 Å². The third-order valence-corrected chi connectivity index (χ3v) is 5.47. The van der Waals surface area contributed by atoms with Gasteiger partial charge in [0.1, 0.15) is 12.4 Å². The zero-order chi connectivity index (χ0) is 18.5. The van der Waals surface area contributed by atoms with Gasteiger partial charge in [-0.3, -0.25) is 4.79 Å². The molecule has 0 spiro atoms. The first kappa shape index (κ1) is 17.8. The lowest BCUT2D eigenvalue weighted by Gasteiger charge is -2.21. The lowest BCUT2D eigenvalue weighted by Crippen LogP contribution is -2.35. The Morgan fingerprint density at radius 3 is 2.33 bits per heavy atom. The lowest BCUT2D eigenvalue weighted by atomic mass is 10.1. The largest absolute Gasteiger partial charge is 0.341 e. The zero-order valence-electron chi connectivity index (χ0n) is 15.8. The van der Waals surface area contributed by atoms with Crippen molar-refractivity contribution in [2.45, 2.75) is 45.1 Å². The molecule has 0 saturated carbocycles. The molecule has 1 aromatic heterocycles. The van der Waals surface area contributed by atoms with Gasteiger partial charge in [-0.05, 0) is 37.0 Å². The molecule has 0 radical (unpaired) electrons. The number of carbonyl (C=O) groups excluding carboxylic acids is 1. The summed E-state index contributed by atoms with van der Waals surface area (Å²) in [4.78, 5) is 19.8. The zero-order valence-corrected chi connectivity index (χ0v) is 15.8. The van der Waals surface area contributed by atoms with Gasteiger partial charge in [0.2, 0.25) is 5.91 Å². The van der Waals surface area contributed by atoms with Crippen LogP contribution in [-0.2, 0) is 24.2 Å². The highest BCUT2D eigenvalue weighted by Crippen LogP contribution is 2.19. The second-order valence-corrected chi connectivity index (χ2v) is 7.38. The number of hydrogen-bond donors (Lipinski definition) is 0.